The van der Waals surface area contributed by atoms with Gasteiger partial charge in [0.05, 0.1) is 17.7 Å². The number of aromatic amines is 1. The largest absolute Gasteiger partial charge is 0.463 e. The van der Waals surface area contributed by atoms with Gasteiger partial charge in [-0.05, 0) is 36.2 Å². The van der Waals surface area contributed by atoms with Gasteiger partial charge in [0, 0.05) is 10.9 Å². The predicted molar refractivity (Wildman–Crippen MR) is 110 cm³/mol. The summed E-state index contributed by atoms with van der Waals surface area (Å²) in [7, 11) is 0. The van der Waals surface area contributed by atoms with Crippen LogP contribution < -0.4 is 10.9 Å². The summed E-state index contributed by atoms with van der Waals surface area (Å²) in [6.07, 6.45) is 2.50. The van der Waals surface area contributed by atoms with Crippen molar-refractivity contribution in [3.05, 3.63) is 81.7 Å². The summed E-state index contributed by atoms with van der Waals surface area (Å²) in [6, 6.07) is 14.7. The molecule has 0 aliphatic carbocycles. The van der Waals surface area contributed by atoms with E-state index in [1.54, 1.807) is 18.2 Å². The molecule has 0 aliphatic rings. The molecule has 4 aromatic rings. The average molecular weight is 391 g/mol. The molecule has 1 amide bonds. The fourth-order valence-corrected chi connectivity index (χ4v) is 3.48. The molecule has 6 nitrogen and oxygen atoms in total. The number of pyridine rings is 1. The van der Waals surface area contributed by atoms with Crippen LogP contribution in [0.5, 0.6) is 0 Å². The SMILES string of the molecule is CCc1ccc(-c2csc(NC(=O)c3ccc(-c4ccco4)[nH]c3=O)n2)cc1. The molecule has 1 aromatic carbocycles. The molecule has 0 radical (unpaired) electrons. The normalized spacial score (nSPS) is 10.8. The molecule has 28 heavy (non-hydrogen) atoms. The molecule has 0 saturated heterocycles. The van der Waals surface area contributed by atoms with Crippen molar-refractivity contribution < 1.29 is 9.21 Å². The van der Waals surface area contributed by atoms with Crippen LogP contribution in [-0.2, 0) is 6.42 Å². The molecular weight excluding hydrogens is 374 g/mol. The predicted octanol–water partition coefficient (Wildman–Crippen LogP) is 4.57. The minimum Gasteiger partial charge on any atom is -0.463 e. The number of nitrogens with one attached hydrogen (secondary N) is 2. The van der Waals surface area contributed by atoms with E-state index in [-0.39, 0.29) is 5.56 Å². The first kappa shape index (κ1) is 17.9. The second-order valence-electron chi connectivity index (χ2n) is 6.13. The second-order valence-corrected chi connectivity index (χ2v) is 6.99. The number of carbonyl (C=O) groups is 1. The molecule has 0 fully saturated rings. The van der Waals surface area contributed by atoms with Crippen molar-refractivity contribution in [3.63, 3.8) is 0 Å². The lowest BCUT2D eigenvalue weighted by Gasteiger charge is -2.03. The number of rotatable bonds is 5. The van der Waals surface area contributed by atoms with E-state index in [4.69, 9.17) is 4.42 Å². The number of furan rings is 1. The van der Waals surface area contributed by atoms with Crippen LogP contribution in [0.15, 0.2) is 69.4 Å². The third-order valence-corrected chi connectivity index (χ3v) is 5.08. The van der Waals surface area contributed by atoms with Gasteiger partial charge in [0.1, 0.15) is 11.3 Å². The minimum absolute atomic E-state index is 0.0133. The minimum atomic E-state index is -0.505. The summed E-state index contributed by atoms with van der Waals surface area (Å²) in [4.78, 5) is 31.9. The average Bonchev–Trinajstić information content (AvgIpc) is 3.40. The van der Waals surface area contributed by atoms with Gasteiger partial charge in [0.25, 0.3) is 11.5 Å². The van der Waals surface area contributed by atoms with Crippen molar-refractivity contribution in [1.82, 2.24) is 9.97 Å². The van der Waals surface area contributed by atoms with E-state index >= 15 is 0 Å². The first-order valence-corrected chi connectivity index (χ1v) is 9.65. The second kappa shape index (κ2) is 7.66. The van der Waals surface area contributed by atoms with Gasteiger partial charge in [-0.25, -0.2) is 4.98 Å². The fourth-order valence-electron chi connectivity index (χ4n) is 2.77. The molecule has 0 saturated carbocycles. The Balaban J connectivity index is 1.51. The fraction of sp³-hybridized carbons (Fsp3) is 0.0952. The van der Waals surface area contributed by atoms with Crippen LogP contribution >= 0.6 is 11.3 Å². The Hall–Kier alpha value is -3.45. The lowest BCUT2D eigenvalue weighted by atomic mass is 10.1. The van der Waals surface area contributed by atoms with E-state index in [0.717, 1.165) is 17.7 Å². The van der Waals surface area contributed by atoms with Crippen molar-refractivity contribution in [2.24, 2.45) is 0 Å². The molecule has 7 heteroatoms. The van der Waals surface area contributed by atoms with Crippen molar-refractivity contribution in [2.75, 3.05) is 5.32 Å². The van der Waals surface area contributed by atoms with E-state index in [2.05, 4.69) is 34.3 Å². The smallest absolute Gasteiger partial charge is 0.263 e. The maximum Gasteiger partial charge on any atom is 0.263 e. The highest BCUT2D eigenvalue weighted by Gasteiger charge is 2.14. The zero-order valence-corrected chi connectivity index (χ0v) is 15.9. The Morgan fingerprint density at radius 3 is 2.68 bits per heavy atom. The van der Waals surface area contributed by atoms with E-state index in [1.807, 2.05) is 17.5 Å². The van der Waals surface area contributed by atoms with Gasteiger partial charge >= 0.3 is 0 Å². The Labute approximate surface area is 164 Å². The molecule has 140 valence electrons. The Morgan fingerprint density at radius 1 is 1.18 bits per heavy atom. The van der Waals surface area contributed by atoms with Crippen molar-refractivity contribution in [2.45, 2.75) is 13.3 Å². The first-order chi connectivity index (χ1) is 13.6. The van der Waals surface area contributed by atoms with Crippen LogP contribution in [-0.4, -0.2) is 15.9 Å². The molecule has 0 aliphatic heterocycles. The number of nitrogens with zero attached hydrogens (tertiary/aromatic N) is 1. The Bertz CT molecular complexity index is 1160. The summed E-state index contributed by atoms with van der Waals surface area (Å²) in [5.74, 6) is 0.0252. The number of benzene rings is 1. The summed E-state index contributed by atoms with van der Waals surface area (Å²) in [5.41, 5.74) is 3.06. The quantitative estimate of drug-likeness (QED) is 0.521. The van der Waals surface area contributed by atoms with Crippen LogP contribution in [0, 0.1) is 0 Å². The highest BCUT2D eigenvalue weighted by atomic mass is 32.1. The van der Waals surface area contributed by atoms with E-state index < -0.39 is 11.5 Å². The van der Waals surface area contributed by atoms with Gasteiger partial charge in [0.15, 0.2) is 5.13 Å². The van der Waals surface area contributed by atoms with Crippen molar-refractivity contribution in [1.29, 1.82) is 0 Å². The number of hydrogen-bond acceptors (Lipinski definition) is 5. The third kappa shape index (κ3) is 3.65. The topological polar surface area (TPSA) is 88.0 Å². The number of hydrogen-bond donors (Lipinski definition) is 2. The molecule has 3 heterocycles. The molecule has 0 spiro atoms. The highest BCUT2D eigenvalue weighted by Crippen LogP contribution is 2.25. The zero-order valence-electron chi connectivity index (χ0n) is 15.1. The van der Waals surface area contributed by atoms with Gasteiger partial charge < -0.3 is 9.40 Å². The molecule has 0 unspecified atom stereocenters. The standard InChI is InChI=1S/C21H17N3O3S/c1-2-13-5-7-14(8-6-13)17-12-28-21(23-17)24-20(26)15-9-10-16(22-19(15)25)18-4-3-11-27-18/h3-12H,2H2,1H3,(H,22,25)(H,23,24,26). The number of carbonyl (C=O) groups excluding carboxylic acids is 1. The summed E-state index contributed by atoms with van der Waals surface area (Å²) in [5, 5.41) is 5.01. The summed E-state index contributed by atoms with van der Waals surface area (Å²) >= 11 is 1.31. The molecule has 4 rings (SSSR count). The molecular formula is C21H17N3O3S. The number of amides is 1. The van der Waals surface area contributed by atoms with E-state index in [1.165, 1.54) is 29.2 Å². The van der Waals surface area contributed by atoms with Crippen molar-refractivity contribution >= 4 is 22.4 Å². The number of aromatic nitrogens is 2. The zero-order chi connectivity index (χ0) is 19.5. The van der Waals surface area contributed by atoms with Gasteiger partial charge in [-0.2, -0.15) is 0 Å². The number of thiazole rings is 1. The maximum atomic E-state index is 12.5. The van der Waals surface area contributed by atoms with Crippen molar-refractivity contribution in [3.8, 4) is 22.7 Å². The van der Waals surface area contributed by atoms with Gasteiger partial charge in [-0.3, -0.25) is 14.9 Å². The lowest BCUT2D eigenvalue weighted by Crippen LogP contribution is -2.23. The molecule has 3 aromatic heterocycles. The van der Waals surface area contributed by atoms with Gasteiger partial charge in [-0.15, -0.1) is 11.3 Å². The number of aryl methyl sites for hydroxylation is 1. The van der Waals surface area contributed by atoms with E-state index in [9.17, 15) is 9.59 Å². The highest BCUT2D eigenvalue weighted by molar-refractivity contribution is 7.14. The van der Waals surface area contributed by atoms with Gasteiger partial charge in [0.2, 0.25) is 0 Å². The summed E-state index contributed by atoms with van der Waals surface area (Å²) < 4.78 is 5.25. The van der Waals surface area contributed by atoms with Crippen LogP contribution in [0.3, 0.4) is 0 Å². The van der Waals surface area contributed by atoms with Gasteiger partial charge in [-0.1, -0.05) is 31.2 Å². The van der Waals surface area contributed by atoms with Crippen LogP contribution in [0.25, 0.3) is 22.7 Å². The number of anilines is 1. The Morgan fingerprint density at radius 2 is 2.00 bits per heavy atom. The van der Waals surface area contributed by atoms with Crippen LogP contribution in [0.1, 0.15) is 22.8 Å². The van der Waals surface area contributed by atoms with E-state index in [0.29, 0.717) is 16.6 Å². The summed E-state index contributed by atoms with van der Waals surface area (Å²) in [6.45, 7) is 2.11. The molecule has 0 atom stereocenters. The van der Waals surface area contributed by atoms with Crippen LogP contribution in [0.2, 0.25) is 0 Å². The maximum absolute atomic E-state index is 12.5. The molecule has 0 bridgehead atoms. The first-order valence-electron chi connectivity index (χ1n) is 8.77. The number of H-pyrrole nitrogens is 1. The van der Waals surface area contributed by atoms with Crippen LogP contribution in [0.4, 0.5) is 5.13 Å². The lowest BCUT2D eigenvalue weighted by molar-refractivity contribution is 0.102. The molecule has 2 N–H and O–H groups in total. The Kier molecular flexibility index (Phi) is 4.90. The third-order valence-electron chi connectivity index (χ3n) is 4.32. The monoisotopic (exact) mass is 391 g/mol.